The van der Waals surface area contributed by atoms with Crippen LogP contribution in [0, 0.1) is 0 Å². The summed E-state index contributed by atoms with van der Waals surface area (Å²) in [6, 6.07) is 0. The SMILES string of the molecule is C[C@@H]1O[C@@H](OCCCCCCCC/C=C/C(=O)O)[C@H](O)C[C@H]1O. The standard InChI is InChI=1S/C17H30O6/c1-13-14(18)12-15(19)17(23-13)22-11-9-7-5-3-2-4-6-8-10-16(20)21/h8,10,13-15,17-19H,2-7,9,11-12H2,1H3,(H,20,21)/b10-8+/t13-,14+,15+,17+/m0/s1. The summed E-state index contributed by atoms with van der Waals surface area (Å²) < 4.78 is 11.0. The van der Waals surface area contributed by atoms with Gasteiger partial charge >= 0.3 is 5.97 Å². The van der Waals surface area contributed by atoms with Gasteiger partial charge in [0.25, 0.3) is 0 Å². The zero-order chi connectivity index (χ0) is 17.1. The van der Waals surface area contributed by atoms with Crippen molar-refractivity contribution in [1.29, 1.82) is 0 Å². The third-order valence-electron chi connectivity index (χ3n) is 4.00. The van der Waals surface area contributed by atoms with Crippen molar-refractivity contribution in [3.63, 3.8) is 0 Å². The average molecular weight is 330 g/mol. The summed E-state index contributed by atoms with van der Waals surface area (Å²) in [6.07, 6.45) is 8.02. The number of unbranched alkanes of at least 4 members (excludes halogenated alkanes) is 6. The van der Waals surface area contributed by atoms with Gasteiger partial charge in [0.2, 0.25) is 0 Å². The number of allylic oxidation sites excluding steroid dienone is 1. The van der Waals surface area contributed by atoms with Crippen LogP contribution < -0.4 is 0 Å². The first-order valence-corrected chi connectivity index (χ1v) is 8.53. The van der Waals surface area contributed by atoms with E-state index in [2.05, 4.69) is 0 Å². The predicted molar refractivity (Wildman–Crippen MR) is 86.0 cm³/mol. The van der Waals surface area contributed by atoms with Gasteiger partial charge in [0.15, 0.2) is 6.29 Å². The molecule has 0 spiro atoms. The third kappa shape index (κ3) is 9.05. The number of aliphatic hydroxyl groups excluding tert-OH is 2. The molecule has 0 unspecified atom stereocenters. The minimum Gasteiger partial charge on any atom is -0.478 e. The Labute approximate surface area is 138 Å². The quantitative estimate of drug-likeness (QED) is 0.397. The van der Waals surface area contributed by atoms with Gasteiger partial charge in [-0.05, 0) is 26.2 Å². The molecule has 6 heteroatoms. The van der Waals surface area contributed by atoms with Crippen molar-refractivity contribution >= 4 is 5.97 Å². The Bertz CT molecular complexity index is 357. The Morgan fingerprint density at radius 2 is 1.78 bits per heavy atom. The Morgan fingerprint density at radius 3 is 2.48 bits per heavy atom. The monoisotopic (exact) mass is 330 g/mol. The number of carboxylic acid groups (broad SMARTS) is 1. The number of rotatable bonds is 11. The molecule has 0 saturated carbocycles. The van der Waals surface area contributed by atoms with Gasteiger partial charge in [0.1, 0.15) is 6.10 Å². The molecule has 1 rings (SSSR count). The lowest BCUT2D eigenvalue weighted by Gasteiger charge is -2.35. The van der Waals surface area contributed by atoms with Crippen LogP contribution in [0.15, 0.2) is 12.2 Å². The fourth-order valence-corrected chi connectivity index (χ4v) is 2.55. The third-order valence-corrected chi connectivity index (χ3v) is 4.00. The van der Waals surface area contributed by atoms with Crippen molar-refractivity contribution < 1.29 is 29.6 Å². The normalized spacial score (nSPS) is 28.3. The highest BCUT2D eigenvalue weighted by atomic mass is 16.7. The molecule has 0 amide bonds. The van der Waals surface area contributed by atoms with E-state index in [1.165, 1.54) is 6.08 Å². The van der Waals surface area contributed by atoms with Crippen molar-refractivity contribution in [2.75, 3.05) is 6.61 Å². The van der Waals surface area contributed by atoms with Crippen LogP contribution >= 0.6 is 0 Å². The van der Waals surface area contributed by atoms with Crippen LogP contribution in [0.1, 0.15) is 58.3 Å². The maximum atomic E-state index is 10.3. The van der Waals surface area contributed by atoms with E-state index in [1.807, 2.05) is 0 Å². The number of ether oxygens (including phenoxy) is 2. The van der Waals surface area contributed by atoms with E-state index in [0.29, 0.717) is 13.0 Å². The maximum Gasteiger partial charge on any atom is 0.327 e. The Balaban J connectivity index is 1.92. The molecule has 0 bridgehead atoms. The summed E-state index contributed by atoms with van der Waals surface area (Å²) in [4.78, 5) is 10.3. The van der Waals surface area contributed by atoms with Gasteiger partial charge in [-0.1, -0.05) is 31.8 Å². The summed E-state index contributed by atoms with van der Waals surface area (Å²) in [5.74, 6) is -0.888. The first-order valence-electron chi connectivity index (χ1n) is 8.53. The van der Waals surface area contributed by atoms with E-state index in [-0.39, 0.29) is 6.10 Å². The first kappa shape index (κ1) is 20.1. The van der Waals surface area contributed by atoms with Gasteiger partial charge in [-0.3, -0.25) is 0 Å². The van der Waals surface area contributed by atoms with Gasteiger partial charge in [-0.25, -0.2) is 4.79 Å². The number of carbonyl (C=O) groups is 1. The van der Waals surface area contributed by atoms with Crippen LogP contribution in [0.3, 0.4) is 0 Å². The van der Waals surface area contributed by atoms with Crippen molar-refractivity contribution in [1.82, 2.24) is 0 Å². The Kier molecular flexibility index (Phi) is 10.1. The Morgan fingerprint density at radius 1 is 1.13 bits per heavy atom. The van der Waals surface area contributed by atoms with Crippen LogP contribution in [0.2, 0.25) is 0 Å². The largest absolute Gasteiger partial charge is 0.478 e. The van der Waals surface area contributed by atoms with Gasteiger partial charge in [0.05, 0.1) is 12.2 Å². The summed E-state index contributed by atoms with van der Waals surface area (Å²) in [7, 11) is 0. The molecule has 1 saturated heterocycles. The zero-order valence-electron chi connectivity index (χ0n) is 13.9. The van der Waals surface area contributed by atoms with Crippen LogP contribution in [0.4, 0.5) is 0 Å². The van der Waals surface area contributed by atoms with Gasteiger partial charge < -0.3 is 24.8 Å². The summed E-state index contributed by atoms with van der Waals surface area (Å²) in [6.45, 7) is 2.32. The van der Waals surface area contributed by atoms with Crippen molar-refractivity contribution in [3.8, 4) is 0 Å². The van der Waals surface area contributed by atoms with Crippen molar-refractivity contribution in [2.45, 2.75) is 82.9 Å². The summed E-state index contributed by atoms with van der Waals surface area (Å²) in [5.41, 5.74) is 0. The second-order valence-corrected chi connectivity index (χ2v) is 6.10. The van der Waals surface area contributed by atoms with Crippen LogP contribution in [-0.4, -0.2) is 52.5 Å². The number of carboxylic acids is 1. The fraction of sp³-hybridized carbons (Fsp3) is 0.824. The van der Waals surface area contributed by atoms with E-state index >= 15 is 0 Å². The summed E-state index contributed by atoms with van der Waals surface area (Å²) >= 11 is 0. The van der Waals surface area contributed by atoms with E-state index in [1.54, 1.807) is 13.0 Å². The summed E-state index contributed by atoms with van der Waals surface area (Å²) in [5, 5.41) is 27.8. The molecule has 23 heavy (non-hydrogen) atoms. The van der Waals surface area contributed by atoms with Crippen LogP contribution in [-0.2, 0) is 14.3 Å². The molecule has 0 aromatic carbocycles. The van der Waals surface area contributed by atoms with Crippen LogP contribution in [0.5, 0.6) is 0 Å². The molecule has 0 aromatic rings. The van der Waals surface area contributed by atoms with E-state index in [4.69, 9.17) is 14.6 Å². The Hall–Kier alpha value is -0.950. The molecule has 1 heterocycles. The average Bonchev–Trinajstić information content (AvgIpc) is 2.49. The highest BCUT2D eigenvalue weighted by molar-refractivity contribution is 5.79. The molecule has 0 aromatic heterocycles. The highest BCUT2D eigenvalue weighted by Gasteiger charge is 2.34. The fourth-order valence-electron chi connectivity index (χ4n) is 2.55. The predicted octanol–water partition coefficient (Wildman–Crippen LogP) is 2.23. The molecular weight excluding hydrogens is 300 g/mol. The molecule has 4 atom stereocenters. The molecule has 0 radical (unpaired) electrons. The lowest BCUT2D eigenvalue weighted by Crippen LogP contribution is -2.47. The number of hydrogen-bond donors (Lipinski definition) is 3. The molecule has 3 N–H and O–H groups in total. The topological polar surface area (TPSA) is 96.2 Å². The van der Waals surface area contributed by atoms with Crippen molar-refractivity contribution in [3.05, 3.63) is 12.2 Å². The van der Waals surface area contributed by atoms with Crippen LogP contribution in [0.25, 0.3) is 0 Å². The number of aliphatic hydroxyl groups is 2. The lowest BCUT2D eigenvalue weighted by atomic mass is 10.0. The smallest absolute Gasteiger partial charge is 0.327 e. The second kappa shape index (κ2) is 11.6. The van der Waals surface area contributed by atoms with E-state index in [9.17, 15) is 15.0 Å². The zero-order valence-corrected chi connectivity index (χ0v) is 13.9. The van der Waals surface area contributed by atoms with Gasteiger partial charge in [-0.15, -0.1) is 0 Å². The number of hydrogen-bond acceptors (Lipinski definition) is 5. The van der Waals surface area contributed by atoms with Gasteiger partial charge in [-0.2, -0.15) is 0 Å². The molecule has 1 fully saturated rings. The molecular formula is C17H30O6. The molecule has 1 aliphatic rings. The molecule has 134 valence electrons. The minimum absolute atomic E-state index is 0.294. The second-order valence-electron chi connectivity index (χ2n) is 6.10. The van der Waals surface area contributed by atoms with E-state index in [0.717, 1.165) is 44.9 Å². The maximum absolute atomic E-state index is 10.3. The lowest BCUT2D eigenvalue weighted by molar-refractivity contribution is -0.261. The van der Waals surface area contributed by atoms with Gasteiger partial charge in [0, 0.05) is 19.1 Å². The number of aliphatic carboxylic acids is 1. The molecule has 1 aliphatic heterocycles. The molecule has 6 nitrogen and oxygen atoms in total. The van der Waals surface area contributed by atoms with Crippen molar-refractivity contribution in [2.24, 2.45) is 0 Å². The minimum atomic E-state index is -0.888. The highest BCUT2D eigenvalue weighted by Crippen LogP contribution is 2.21. The molecule has 0 aliphatic carbocycles. The first-order chi connectivity index (χ1) is 11.0. The van der Waals surface area contributed by atoms with E-state index < -0.39 is 24.5 Å².